The summed E-state index contributed by atoms with van der Waals surface area (Å²) in [6.45, 7) is 3.32. The Labute approximate surface area is 199 Å². The van der Waals surface area contributed by atoms with E-state index in [1.54, 1.807) is 6.26 Å². The normalized spacial score (nSPS) is 22.7. The van der Waals surface area contributed by atoms with E-state index in [0.717, 1.165) is 43.2 Å². The van der Waals surface area contributed by atoms with Crippen LogP contribution in [0.2, 0.25) is 0 Å². The molecule has 3 atom stereocenters. The van der Waals surface area contributed by atoms with Gasteiger partial charge in [0, 0.05) is 25.2 Å². The molecule has 1 fully saturated rings. The van der Waals surface area contributed by atoms with Crippen LogP contribution >= 0.6 is 0 Å². The Morgan fingerprint density at radius 1 is 1.26 bits per heavy atom. The zero-order valence-corrected chi connectivity index (χ0v) is 19.4. The number of unbranched alkanes of at least 4 members (excludes halogenated alkanes) is 1. The number of hydrogen-bond acceptors (Lipinski definition) is 8. The maximum absolute atomic E-state index is 12.2. The number of fused-ring (bicyclic) bond motifs is 3. The predicted molar refractivity (Wildman–Crippen MR) is 128 cm³/mol. The maximum Gasteiger partial charge on any atom is 0.220 e. The summed E-state index contributed by atoms with van der Waals surface area (Å²) in [5.74, 6) is 2.53. The molecular formula is C25H32N6O3. The van der Waals surface area contributed by atoms with Gasteiger partial charge < -0.3 is 24.4 Å². The van der Waals surface area contributed by atoms with Crippen LogP contribution in [0.1, 0.15) is 56.4 Å². The van der Waals surface area contributed by atoms with Crippen molar-refractivity contribution in [2.75, 3.05) is 6.61 Å². The van der Waals surface area contributed by atoms with Crippen LogP contribution in [0.15, 0.2) is 64.6 Å². The summed E-state index contributed by atoms with van der Waals surface area (Å²) in [6.07, 6.45) is 9.82. The molecule has 5 rings (SSSR count). The van der Waals surface area contributed by atoms with Crippen molar-refractivity contribution in [3.05, 3.63) is 66.4 Å². The number of carbonyl (C=O) groups is 1. The molecule has 3 N–H and O–H groups in total. The second-order valence-corrected chi connectivity index (χ2v) is 8.83. The molecule has 0 bridgehead atoms. The summed E-state index contributed by atoms with van der Waals surface area (Å²) in [7, 11) is 0. The van der Waals surface area contributed by atoms with Crippen molar-refractivity contribution in [3.63, 3.8) is 0 Å². The molecule has 3 aliphatic heterocycles. The van der Waals surface area contributed by atoms with E-state index in [1.165, 1.54) is 5.56 Å². The highest BCUT2D eigenvalue weighted by Gasteiger charge is 2.44. The summed E-state index contributed by atoms with van der Waals surface area (Å²) >= 11 is 0. The Kier molecular flexibility index (Phi) is 6.71. The number of amidine groups is 1. The van der Waals surface area contributed by atoms with E-state index in [9.17, 15) is 4.79 Å². The van der Waals surface area contributed by atoms with Crippen molar-refractivity contribution in [1.29, 1.82) is 0 Å². The van der Waals surface area contributed by atoms with Crippen molar-refractivity contribution >= 4 is 11.7 Å². The fourth-order valence-electron chi connectivity index (χ4n) is 4.57. The lowest BCUT2D eigenvalue weighted by molar-refractivity contribution is -0.121. The first kappa shape index (κ1) is 22.3. The molecule has 1 amide bonds. The van der Waals surface area contributed by atoms with Crippen molar-refractivity contribution in [2.45, 2.75) is 63.8 Å². The van der Waals surface area contributed by atoms with Gasteiger partial charge in [0.15, 0.2) is 0 Å². The summed E-state index contributed by atoms with van der Waals surface area (Å²) in [5, 5.41) is 9.59. The average Bonchev–Trinajstić information content (AvgIpc) is 3.61. The lowest BCUT2D eigenvalue weighted by Crippen LogP contribution is -2.54. The van der Waals surface area contributed by atoms with E-state index in [1.807, 2.05) is 18.3 Å². The largest absolute Gasteiger partial charge is 0.494 e. The van der Waals surface area contributed by atoms with Crippen molar-refractivity contribution in [3.8, 4) is 5.75 Å². The lowest BCUT2D eigenvalue weighted by atomic mass is 9.99. The van der Waals surface area contributed by atoms with E-state index in [0.29, 0.717) is 19.4 Å². The summed E-state index contributed by atoms with van der Waals surface area (Å²) in [6, 6.07) is 12.5. The molecule has 4 heterocycles. The van der Waals surface area contributed by atoms with Crippen molar-refractivity contribution in [1.82, 2.24) is 26.1 Å². The van der Waals surface area contributed by atoms with Crippen LogP contribution in [0.3, 0.4) is 0 Å². The van der Waals surface area contributed by atoms with Crippen LogP contribution < -0.4 is 20.9 Å². The van der Waals surface area contributed by atoms with Crippen LogP contribution in [0.4, 0.5) is 0 Å². The van der Waals surface area contributed by atoms with E-state index in [4.69, 9.17) is 9.15 Å². The number of rotatable bonds is 10. The van der Waals surface area contributed by atoms with Gasteiger partial charge in [-0.25, -0.2) is 5.43 Å². The minimum atomic E-state index is -0.0186. The molecule has 180 valence electrons. The molecule has 9 heteroatoms. The predicted octanol–water partition coefficient (Wildman–Crippen LogP) is 3.20. The molecule has 0 aliphatic carbocycles. The highest BCUT2D eigenvalue weighted by atomic mass is 16.5. The van der Waals surface area contributed by atoms with Crippen LogP contribution in [0.25, 0.3) is 0 Å². The van der Waals surface area contributed by atoms with Gasteiger partial charge in [-0.1, -0.05) is 25.5 Å². The van der Waals surface area contributed by atoms with E-state index < -0.39 is 0 Å². The zero-order chi connectivity index (χ0) is 23.3. The van der Waals surface area contributed by atoms with Gasteiger partial charge in [0.1, 0.15) is 23.5 Å². The highest BCUT2D eigenvalue weighted by molar-refractivity contribution is 5.89. The Morgan fingerprint density at radius 2 is 2.15 bits per heavy atom. The van der Waals surface area contributed by atoms with Crippen LogP contribution in [-0.2, 0) is 11.3 Å². The average molecular weight is 465 g/mol. The molecule has 0 spiro atoms. The van der Waals surface area contributed by atoms with E-state index in [-0.39, 0.29) is 24.2 Å². The molecule has 3 aliphatic rings. The maximum atomic E-state index is 12.2. The zero-order valence-electron chi connectivity index (χ0n) is 19.4. The van der Waals surface area contributed by atoms with Crippen LogP contribution in [-0.4, -0.2) is 40.5 Å². The number of hydrazone groups is 1. The Bertz CT molecular complexity index is 1020. The number of nitrogens with one attached hydrogen (secondary N) is 3. The quantitative estimate of drug-likeness (QED) is 0.465. The van der Waals surface area contributed by atoms with Gasteiger partial charge in [0.25, 0.3) is 0 Å². The van der Waals surface area contributed by atoms with Gasteiger partial charge in [-0.05, 0) is 42.7 Å². The smallest absolute Gasteiger partial charge is 0.220 e. The molecule has 2 aromatic rings. The SMILES string of the molecule is CCCCOc1ccc(C2CC3C4NN=C(CCC(=O)NCc5ccco5)N4C=CN3N2)cc1. The molecule has 9 nitrogen and oxygen atoms in total. The standard InChI is InChI=1S/C25H32N6O3/c1-2-3-14-33-19-8-6-18(7-9-19)21-16-22-25-28-27-23(30(25)12-13-31(22)29-21)10-11-24(32)26-17-20-5-4-15-34-20/h4-9,12-13,15,21-22,25,28-29H,2-3,10-11,14,16-17H2,1H3,(H,26,32). The first-order chi connectivity index (χ1) is 16.7. The van der Waals surface area contributed by atoms with Gasteiger partial charge >= 0.3 is 0 Å². The molecule has 0 radical (unpaired) electrons. The van der Waals surface area contributed by atoms with Gasteiger partial charge in [0.05, 0.1) is 31.5 Å². The molecule has 3 unspecified atom stereocenters. The van der Waals surface area contributed by atoms with Gasteiger partial charge in [0.2, 0.25) is 5.91 Å². The molecule has 0 saturated carbocycles. The fourth-order valence-corrected chi connectivity index (χ4v) is 4.57. The fraction of sp³-hybridized carbons (Fsp3) is 0.440. The Hall–Kier alpha value is -3.46. The lowest BCUT2D eigenvalue weighted by Gasteiger charge is -2.37. The number of hydrogen-bond donors (Lipinski definition) is 3. The highest BCUT2D eigenvalue weighted by Crippen LogP contribution is 2.34. The molecule has 1 saturated heterocycles. The third-order valence-electron chi connectivity index (χ3n) is 6.48. The summed E-state index contributed by atoms with van der Waals surface area (Å²) in [4.78, 5) is 14.4. The second kappa shape index (κ2) is 10.2. The Morgan fingerprint density at radius 3 is 2.94 bits per heavy atom. The van der Waals surface area contributed by atoms with Crippen LogP contribution in [0, 0.1) is 0 Å². The van der Waals surface area contributed by atoms with Crippen LogP contribution in [0.5, 0.6) is 5.75 Å². The second-order valence-electron chi connectivity index (χ2n) is 8.83. The van der Waals surface area contributed by atoms with E-state index in [2.05, 4.69) is 68.6 Å². The molecule has 1 aromatic carbocycles. The topological polar surface area (TPSA) is 94.4 Å². The Balaban J connectivity index is 1.12. The first-order valence-electron chi connectivity index (χ1n) is 12.1. The number of carbonyl (C=O) groups excluding carboxylic acids is 1. The summed E-state index contributed by atoms with van der Waals surface area (Å²) < 4.78 is 11.1. The number of hydrazine groups is 1. The first-order valence-corrected chi connectivity index (χ1v) is 12.1. The number of amides is 1. The summed E-state index contributed by atoms with van der Waals surface area (Å²) in [5.41, 5.74) is 8.13. The molecule has 1 aromatic heterocycles. The number of ether oxygens (including phenoxy) is 1. The van der Waals surface area contributed by atoms with Gasteiger partial charge in [-0.15, -0.1) is 0 Å². The van der Waals surface area contributed by atoms with E-state index >= 15 is 0 Å². The third-order valence-corrected chi connectivity index (χ3v) is 6.48. The third kappa shape index (κ3) is 4.89. The van der Waals surface area contributed by atoms with Crippen molar-refractivity contribution < 1.29 is 13.9 Å². The minimum absolute atomic E-state index is 0.0186. The molecule has 34 heavy (non-hydrogen) atoms. The van der Waals surface area contributed by atoms with Gasteiger partial charge in [-0.3, -0.25) is 10.2 Å². The minimum Gasteiger partial charge on any atom is -0.494 e. The number of benzene rings is 1. The van der Waals surface area contributed by atoms with Gasteiger partial charge in [-0.2, -0.15) is 5.10 Å². The van der Waals surface area contributed by atoms with Crippen molar-refractivity contribution in [2.24, 2.45) is 5.10 Å². The number of furan rings is 1. The number of nitrogens with zero attached hydrogens (tertiary/aromatic N) is 3. The molecular weight excluding hydrogens is 432 g/mol. The monoisotopic (exact) mass is 464 g/mol.